The van der Waals surface area contributed by atoms with Gasteiger partial charge in [0.05, 0.1) is 6.04 Å². The fourth-order valence-electron chi connectivity index (χ4n) is 1.86. The average Bonchev–Trinajstić information content (AvgIpc) is 2.23. The highest BCUT2D eigenvalue weighted by atomic mass is 16.2. The molecule has 4 heteroatoms. The van der Waals surface area contributed by atoms with Gasteiger partial charge in [0, 0.05) is 6.04 Å². The van der Waals surface area contributed by atoms with Crippen molar-refractivity contribution in [2.75, 3.05) is 0 Å². The van der Waals surface area contributed by atoms with Crippen LogP contribution in [-0.4, -0.2) is 28.9 Å². The third-order valence-corrected chi connectivity index (χ3v) is 2.38. The van der Waals surface area contributed by atoms with Crippen molar-refractivity contribution in [3.05, 3.63) is 0 Å². The molecule has 1 aliphatic rings. The van der Waals surface area contributed by atoms with Crippen LogP contribution in [0.15, 0.2) is 4.99 Å². The van der Waals surface area contributed by atoms with Crippen LogP contribution in [0.1, 0.15) is 34.6 Å². The Balaban J connectivity index is 3.02. The summed E-state index contributed by atoms with van der Waals surface area (Å²) < 4.78 is 0. The number of nitrogens with zero attached hydrogens (tertiary/aromatic N) is 2. The van der Waals surface area contributed by atoms with Gasteiger partial charge in [0.15, 0.2) is 0 Å². The summed E-state index contributed by atoms with van der Waals surface area (Å²) in [6.45, 7) is 10.1. The van der Waals surface area contributed by atoms with Crippen LogP contribution < -0.4 is 5.73 Å². The van der Waals surface area contributed by atoms with E-state index in [1.54, 1.807) is 4.90 Å². The van der Waals surface area contributed by atoms with Crippen LogP contribution in [0.2, 0.25) is 0 Å². The first-order valence-electron chi connectivity index (χ1n) is 4.91. The van der Waals surface area contributed by atoms with Crippen molar-refractivity contribution in [2.24, 2.45) is 16.1 Å². The zero-order valence-corrected chi connectivity index (χ0v) is 9.53. The molecule has 1 aliphatic heterocycles. The average molecular weight is 197 g/mol. The fourth-order valence-corrected chi connectivity index (χ4v) is 1.86. The van der Waals surface area contributed by atoms with E-state index >= 15 is 0 Å². The zero-order chi connectivity index (χ0) is 11.1. The molecule has 2 amide bonds. The Morgan fingerprint density at radius 1 is 1.43 bits per heavy atom. The Bertz CT molecular complexity index is 276. The van der Waals surface area contributed by atoms with E-state index in [-0.39, 0.29) is 23.5 Å². The maximum Gasteiger partial charge on any atom is 0.346 e. The molecule has 0 fully saturated rings. The Hall–Kier alpha value is -1.06. The maximum atomic E-state index is 11.5. The number of carbonyl (C=O) groups excluding carboxylic acids is 1. The van der Waals surface area contributed by atoms with Crippen molar-refractivity contribution in [2.45, 2.75) is 46.7 Å². The first kappa shape index (κ1) is 11.0. The van der Waals surface area contributed by atoms with Crippen LogP contribution in [0.25, 0.3) is 0 Å². The summed E-state index contributed by atoms with van der Waals surface area (Å²) >= 11 is 0. The van der Waals surface area contributed by atoms with Crippen LogP contribution in [0, 0.1) is 5.41 Å². The number of aliphatic imine (C=N–C) groups is 1. The third kappa shape index (κ3) is 1.74. The molecule has 0 radical (unpaired) electrons. The molecule has 0 aromatic heterocycles. The summed E-state index contributed by atoms with van der Waals surface area (Å²) in [4.78, 5) is 17.1. The molecule has 14 heavy (non-hydrogen) atoms. The minimum Gasteiger partial charge on any atom is -0.385 e. The van der Waals surface area contributed by atoms with Gasteiger partial charge in [-0.15, -0.1) is 0 Å². The lowest BCUT2D eigenvalue weighted by Gasteiger charge is -2.36. The molecule has 0 spiro atoms. The Kier molecular flexibility index (Phi) is 2.56. The van der Waals surface area contributed by atoms with Crippen molar-refractivity contribution in [3.63, 3.8) is 0 Å². The molecule has 0 aliphatic carbocycles. The van der Waals surface area contributed by atoms with Crippen LogP contribution in [0.4, 0.5) is 4.79 Å². The maximum absolute atomic E-state index is 11.5. The number of hydrogen-bond donors (Lipinski definition) is 1. The Morgan fingerprint density at radius 2 is 1.93 bits per heavy atom. The molecular weight excluding hydrogens is 178 g/mol. The lowest BCUT2D eigenvalue weighted by atomic mass is 9.85. The molecule has 1 rings (SSSR count). The predicted molar refractivity (Wildman–Crippen MR) is 57.2 cm³/mol. The molecule has 0 aromatic rings. The van der Waals surface area contributed by atoms with E-state index in [9.17, 15) is 4.79 Å². The lowest BCUT2D eigenvalue weighted by Crippen LogP contribution is -2.51. The van der Waals surface area contributed by atoms with Crippen LogP contribution in [0.5, 0.6) is 0 Å². The lowest BCUT2D eigenvalue weighted by molar-refractivity contribution is 0.147. The van der Waals surface area contributed by atoms with Crippen LogP contribution >= 0.6 is 0 Å². The molecule has 4 nitrogen and oxygen atoms in total. The molecule has 0 aromatic carbocycles. The van der Waals surface area contributed by atoms with Crippen LogP contribution in [0.3, 0.4) is 0 Å². The molecule has 0 bridgehead atoms. The Morgan fingerprint density at radius 3 is 2.21 bits per heavy atom. The third-order valence-electron chi connectivity index (χ3n) is 2.38. The first-order chi connectivity index (χ1) is 6.25. The topological polar surface area (TPSA) is 58.7 Å². The number of nitrogens with two attached hydrogens (primary N) is 1. The van der Waals surface area contributed by atoms with Crippen molar-refractivity contribution in [1.82, 2.24) is 4.90 Å². The summed E-state index contributed by atoms with van der Waals surface area (Å²) in [5.74, 6) is 0.441. The van der Waals surface area contributed by atoms with Crippen LogP contribution in [-0.2, 0) is 0 Å². The highest BCUT2D eigenvalue weighted by Gasteiger charge is 2.42. The number of carbonyl (C=O) groups is 1. The van der Waals surface area contributed by atoms with Crippen molar-refractivity contribution in [1.29, 1.82) is 0 Å². The van der Waals surface area contributed by atoms with E-state index in [0.717, 1.165) is 0 Å². The summed E-state index contributed by atoms with van der Waals surface area (Å²) in [5.41, 5.74) is 5.71. The van der Waals surface area contributed by atoms with Crippen molar-refractivity contribution in [3.8, 4) is 0 Å². The number of urea groups is 1. The standard InChI is InChI=1S/C10H19N3O/c1-6(2)13-7(10(3,4)5)8(11)12-9(13)14/h6-7H,1-5H3,(H2,11,12,14). The molecule has 2 N–H and O–H groups in total. The summed E-state index contributed by atoms with van der Waals surface area (Å²) in [6.07, 6.45) is 0. The predicted octanol–water partition coefficient (Wildman–Crippen LogP) is 1.60. The second-order valence-corrected chi connectivity index (χ2v) is 5.09. The van der Waals surface area contributed by atoms with Crippen molar-refractivity contribution >= 4 is 11.9 Å². The van der Waals surface area contributed by atoms with E-state index in [0.29, 0.717) is 5.84 Å². The minimum absolute atomic E-state index is 0.0655. The normalized spacial score (nSPS) is 23.3. The minimum atomic E-state index is -0.211. The van der Waals surface area contributed by atoms with E-state index in [2.05, 4.69) is 25.8 Å². The zero-order valence-electron chi connectivity index (χ0n) is 9.53. The van der Waals surface area contributed by atoms with Gasteiger partial charge in [0.2, 0.25) is 0 Å². The second-order valence-electron chi connectivity index (χ2n) is 5.09. The second kappa shape index (κ2) is 3.26. The van der Waals surface area contributed by atoms with E-state index in [4.69, 9.17) is 5.73 Å². The van der Waals surface area contributed by atoms with Gasteiger partial charge >= 0.3 is 6.03 Å². The van der Waals surface area contributed by atoms with E-state index in [1.807, 2.05) is 13.8 Å². The number of rotatable bonds is 1. The highest BCUT2D eigenvalue weighted by Crippen LogP contribution is 2.30. The first-order valence-corrected chi connectivity index (χ1v) is 4.91. The monoisotopic (exact) mass is 197 g/mol. The van der Waals surface area contributed by atoms with Gasteiger partial charge in [0.25, 0.3) is 0 Å². The van der Waals surface area contributed by atoms with Gasteiger partial charge < -0.3 is 10.6 Å². The van der Waals surface area contributed by atoms with Gasteiger partial charge in [-0.2, -0.15) is 4.99 Å². The molecule has 0 saturated carbocycles. The molecule has 1 atom stereocenters. The van der Waals surface area contributed by atoms with Gasteiger partial charge in [-0.1, -0.05) is 20.8 Å². The van der Waals surface area contributed by atoms with Crippen molar-refractivity contribution < 1.29 is 4.79 Å². The number of amidine groups is 1. The Labute approximate surface area is 85.2 Å². The molecule has 1 unspecified atom stereocenters. The van der Waals surface area contributed by atoms with Gasteiger partial charge in [-0.05, 0) is 19.3 Å². The smallest absolute Gasteiger partial charge is 0.346 e. The summed E-state index contributed by atoms with van der Waals surface area (Å²) in [6, 6.07) is -0.149. The molecular formula is C10H19N3O. The fraction of sp³-hybridized carbons (Fsp3) is 0.800. The SMILES string of the molecule is CC(C)N1C(=O)N=C(N)C1C(C)(C)C. The summed E-state index contributed by atoms with van der Waals surface area (Å²) in [5, 5.41) is 0. The van der Waals surface area contributed by atoms with E-state index < -0.39 is 0 Å². The summed E-state index contributed by atoms with van der Waals surface area (Å²) in [7, 11) is 0. The van der Waals surface area contributed by atoms with Gasteiger partial charge in [-0.25, -0.2) is 4.79 Å². The van der Waals surface area contributed by atoms with E-state index in [1.165, 1.54) is 0 Å². The quantitative estimate of drug-likeness (QED) is 0.694. The molecule has 1 heterocycles. The van der Waals surface area contributed by atoms with Gasteiger partial charge in [-0.3, -0.25) is 0 Å². The number of hydrogen-bond acceptors (Lipinski definition) is 2. The largest absolute Gasteiger partial charge is 0.385 e. The van der Waals surface area contributed by atoms with Gasteiger partial charge in [0.1, 0.15) is 5.84 Å². The molecule has 80 valence electrons. The highest BCUT2D eigenvalue weighted by molar-refractivity contribution is 6.03. The number of amides is 2. The molecule has 0 saturated heterocycles.